The molecule has 3 nitrogen and oxygen atoms in total. The van der Waals surface area contributed by atoms with E-state index < -0.39 is 17.3 Å². The monoisotopic (exact) mass is 277 g/mol. The van der Waals surface area contributed by atoms with Gasteiger partial charge in [0, 0.05) is 5.54 Å². The maximum atomic E-state index is 13.0. The molecule has 0 unspecified atom stereocenters. The molecule has 0 aliphatic rings. The molecule has 0 fully saturated rings. The van der Waals surface area contributed by atoms with Gasteiger partial charge in [-0.25, -0.2) is 0 Å². The zero-order chi connectivity index (χ0) is 14.8. The average Bonchev–Trinajstić information content (AvgIpc) is 2.24. The minimum absolute atomic E-state index is 0.0524. The van der Waals surface area contributed by atoms with Gasteiger partial charge in [-0.05, 0) is 38.0 Å². The molecule has 1 rings (SSSR count). The number of benzene rings is 1. The molecule has 1 aromatic carbocycles. The van der Waals surface area contributed by atoms with E-state index in [2.05, 4.69) is 0 Å². The Hall–Kier alpha value is -1.43. The molecule has 0 radical (unpaired) electrons. The number of hydrogen-bond donors (Lipinski definition) is 1. The van der Waals surface area contributed by atoms with Crippen LogP contribution in [0.1, 0.15) is 25.0 Å². The average molecular weight is 277 g/mol. The third-order valence-electron chi connectivity index (χ3n) is 2.50. The van der Waals surface area contributed by atoms with Crippen LogP contribution >= 0.6 is 0 Å². The van der Waals surface area contributed by atoms with Crippen molar-refractivity contribution in [2.24, 2.45) is 5.73 Å². The van der Waals surface area contributed by atoms with Crippen LogP contribution in [0.15, 0.2) is 12.1 Å². The van der Waals surface area contributed by atoms with Crippen molar-refractivity contribution in [2.45, 2.75) is 32.0 Å². The first-order valence-corrected chi connectivity index (χ1v) is 5.69. The summed E-state index contributed by atoms with van der Waals surface area (Å²) < 4.78 is 48.8. The van der Waals surface area contributed by atoms with Crippen molar-refractivity contribution >= 4 is 0 Å². The van der Waals surface area contributed by atoms with Gasteiger partial charge in [-0.3, -0.25) is 0 Å². The lowest BCUT2D eigenvalue weighted by Crippen LogP contribution is -2.34. The highest BCUT2D eigenvalue weighted by Crippen LogP contribution is 2.42. The van der Waals surface area contributed by atoms with E-state index in [4.69, 9.17) is 15.2 Å². The maximum Gasteiger partial charge on any atom is 0.420 e. The third-order valence-corrected chi connectivity index (χ3v) is 2.50. The van der Waals surface area contributed by atoms with E-state index in [-0.39, 0.29) is 11.5 Å². The van der Waals surface area contributed by atoms with E-state index in [1.54, 1.807) is 13.8 Å². The van der Waals surface area contributed by atoms with Gasteiger partial charge in [0.2, 0.25) is 0 Å². The molecule has 2 N–H and O–H groups in total. The molecule has 0 atom stereocenters. The summed E-state index contributed by atoms with van der Waals surface area (Å²) in [6, 6.07) is 2.57. The number of halogens is 3. The molecule has 0 bridgehead atoms. The highest BCUT2D eigenvalue weighted by atomic mass is 19.4. The first kappa shape index (κ1) is 15.6. The Bertz CT molecular complexity index is 450. The van der Waals surface area contributed by atoms with Crippen molar-refractivity contribution in [1.29, 1.82) is 0 Å². The lowest BCUT2D eigenvalue weighted by molar-refractivity contribution is -0.138. The van der Waals surface area contributed by atoms with E-state index in [9.17, 15) is 13.2 Å². The molecule has 0 aromatic heterocycles. The predicted molar refractivity (Wildman–Crippen MR) is 66.5 cm³/mol. The predicted octanol–water partition coefficient (Wildman–Crippen LogP) is 3.00. The smallest absolute Gasteiger partial charge is 0.420 e. The fourth-order valence-electron chi connectivity index (χ4n) is 1.86. The summed E-state index contributed by atoms with van der Waals surface area (Å²) in [7, 11) is 2.48. The second kappa shape index (κ2) is 5.28. The van der Waals surface area contributed by atoms with Gasteiger partial charge in [0.15, 0.2) is 11.5 Å². The standard InChI is InChI=1S/C13H18F3NO2/c1-12(2,17)7-8-5-9(13(14,15)16)11(19-4)10(6-8)18-3/h5-6H,7,17H2,1-4H3. The Morgan fingerprint density at radius 1 is 1.11 bits per heavy atom. The van der Waals surface area contributed by atoms with Crippen LogP contribution in [-0.4, -0.2) is 19.8 Å². The summed E-state index contributed by atoms with van der Waals surface area (Å²) in [5.41, 5.74) is 4.83. The fraction of sp³-hybridized carbons (Fsp3) is 0.538. The van der Waals surface area contributed by atoms with Crippen molar-refractivity contribution < 1.29 is 22.6 Å². The number of methoxy groups -OCH3 is 2. The molecule has 1 aromatic rings. The minimum atomic E-state index is -4.51. The van der Waals surface area contributed by atoms with Crippen LogP contribution in [0.3, 0.4) is 0 Å². The highest BCUT2D eigenvalue weighted by Gasteiger charge is 2.36. The molecular weight excluding hydrogens is 259 g/mol. The Morgan fingerprint density at radius 2 is 1.68 bits per heavy atom. The zero-order valence-corrected chi connectivity index (χ0v) is 11.4. The topological polar surface area (TPSA) is 44.5 Å². The lowest BCUT2D eigenvalue weighted by atomic mass is 9.94. The molecule has 108 valence electrons. The van der Waals surface area contributed by atoms with Gasteiger partial charge in [0.05, 0.1) is 14.2 Å². The summed E-state index contributed by atoms with van der Waals surface area (Å²) in [6.45, 7) is 3.49. The Kier molecular flexibility index (Phi) is 4.35. The lowest BCUT2D eigenvalue weighted by Gasteiger charge is -2.21. The molecule has 6 heteroatoms. The number of rotatable bonds is 4. The van der Waals surface area contributed by atoms with Crippen molar-refractivity contribution in [1.82, 2.24) is 0 Å². The second-order valence-electron chi connectivity index (χ2n) is 5.04. The molecule has 0 aliphatic heterocycles. The van der Waals surface area contributed by atoms with Crippen LogP contribution in [0.4, 0.5) is 13.2 Å². The van der Waals surface area contributed by atoms with Crippen LogP contribution in [0.2, 0.25) is 0 Å². The summed E-state index contributed by atoms with van der Waals surface area (Å²) in [5.74, 6) is -0.259. The van der Waals surface area contributed by atoms with Gasteiger partial charge in [0.1, 0.15) is 5.56 Å². The van der Waals surface area contributed by atoms with Gasteiger partial charge < -0.3 is 15.2 Å². The molecule has 0 amide bonds. The van der Waals surface area contributed by atoms with Crippen molar-refractivity contribution in [2.75, 3.05) is 14.2 Å². The van der Waals surface area contributed by atoms with Gasteiger partial charge >= 0.3 is 6.18 Å². The molecule has 0 saturated heterocycles. The molecule has 19 heavy (non-hydrogen) atoms. The van der Waals surface area contributed by atoms with E-state index in [0.717, 1.165) is 6.07 Å². The van der Waals surface area contributed by atoms with E-state index in [1.165, 1.54) is 20.3 Å². The Labute approximate surface area is 110 Å². The Balaban J connectivity index is 3.39. The van der Waals surface area contributed by atoms with E-state index >= 15 is 0 Å². The van der Waals surface area contributed by atoms with Crippen molar-refractivity contribution in [3.8, 4) is 11.5 Å². The summed E-state index contributed by atoms with van der Waals surface area (Å²) in [4.78, 5) is 0. The number of hydrogen-bond acceptors (Lipinski definition) is 3. The summed E-state index contributed by atoms with van der Waals surface area (Å²) in [5, 5.41) is 0. The molecule has 0 spiro atoms. The molecule has 0 aliphatic carbocycles. The summed E-state index contributed by atoms with van der Waals surface area (Å²) in [6.07, 6.45) is -4.20. The molecule has 0 saturated carbocycles. The van der Waals surface area contributed by atoms with Crippen LogP contribution < -0.4 is 15.2 Å². The third kappa shape index (κ3) is 4.02. The van der Waals surface area contributed by atoms with Crippen molar-refractivity contribution in [3.63, 3.8) is 0 Å². The Morgan fingerprint density at radius 3 is 2.05 bits per heavy atom. The highest BCUT2D eigenvalue weighted by molar-refractivity contribution is 5.51. The van der Waals surface area contributed by atoms with E-state index in [0.29, 0.717) is 12.0 Å². The van der Waals surface area contributed by atoms with Gasteiger partial charge in [-0.15, -0.1) is 0 Å². The van der Waals surface area contributed by atoms with Gasteiger partial charge in [-0.2, -0.15) is 13.2 Å². The quantitative estimate of drug-likeness (QED) is 0.920. The number of alkyl halides is 3. The summed E-state index contributed by atoms with van der Waals surface area (Å²) >= 11 is 0. The second-order valence-corrected chi connectivity index (χ2v) is 5.04. The van der Waals surface area contributed by atoms with Gasteiger partial charge in [0.25, 0.3) is 0 Å². The largest absolute Gasteiger partial charge is 0.493 e. The van der Waals surface area contributed by atoms with Crippen LogP contribution in [0.25, 0.3) is 0 Å². The first-order chi connectivity index (χ1) is 8.58. The SMILES string of the molecule is COc1cc(CC(C)(C)N)cc(C(F)(F)F)c1OC. The maximum absolute atomic E-state index is 13.0. The number of ether oxygens (including phenoxy) is 2. The van der Waals surface area contributed by atoms with Crippen LogP contribution in [0, 0.1) is 0 Å². The number of nitrogens with two attached hydrogens (primary N) is 1. The molecular formula is C13H18F3NO2. The normalized spacial score (nSPS) is 12.4. The van der Waals surface area contributed by atoms with Crippen LogP contribution in [0.5, 0.6) is 11.5 Å². The van der Waals surface area contributed by atoms with Gasteiger partial charge in [-0.1, -0.05) is 0 Å². The first-order valence-electron chi connectivity index (χ1n) is 5.69. The van der Waals surface area contributed by atoms with Crippen LogP contribution in [-0.2, 0) is 12.6 Å². The molecule has 0 heterocycles. The zero-order valence-electron chi connectivity index (χ0n) is 11.4. The minimum Gasteiger partial charge on any atom is -0.493 e. The van der Waals surface area contributed by atoms with E-state index in [1.807, 2.05) is 0 Å². The fourth-order valence-corrected chi connectivity index (χ4v) is 1.86. The van der Waals surface area contributed by atoms with Crippen molar-refractivity contribution in [3.05, 3.63) is 23.3 Å².